The minimum absolute atomic E-state index is 0.0590. The highest BCUT2D eigenvalue weighted by Gasteiger charge is 2.30. The van der Waals surface area contributed by atoms with Gasteiger partial charge in [-0.25, -0.2) is 9.18 Å². The molecular formula is C31H28Cl2FN3O4. The number of piperazine rings is 1. The summed E-state index contributed by atoms with van der Waals surface area (Å²) >= 11 is 12.1. The van der Waals surface area contributed by atoms with Crippen LogP contribution in [-0.2, 0) is 11.3 Å². The van der Waals surface area contributed by atoms with Crippen LogP contribution in [-0.4, -0.2) is 54.1 Å². The highest BCUT2D eigenvalue weighted by atomic mass is 35.5. The minimum atomic E-state index is -0.710. The van der Waals surface area contributed by atoms with Crippen LogP contribution in [0.15, 0.2) is 65.5 Å². The number of carbonyl (C=O) groups excluding carboxylic acids is 2. The number of anilines is 1. The molecule has 0 spiro atoms. The lowest BCUT2D eigenvalue weighted by molar-refractivity contribution is 0.0523. The van der Waals surface area contributed by atoms with Crippen LogP contribution < -0.4 is 10.5 Å². The SMILES string of the molecule is CCOC(=O)c1c(N2CCN(C(=O)c3ccc(Cl)c(Cl)c3)CC2)c2cc(C)ccc2n(Cc2ccc(F)cc2)c1=O. The summed E-state index contributed by atoms with van der Waals surface area (Å²) in [7, 11) is 0. The molecule has 1 amide bonds. The summed E-state index contributed by atoms with van der Waals surface area (Å²) in [5.74, 6) is -1.26. The van der Waals surface area contributed by atoms with Crippen LogP contribution in [0.1, 0.15) is 38.8 Å². The minimum Gasteiger partial charge on any atom is -0.462 e. The normalized spacial score (nSPS) is 13.5. The van der Waals surface area contributed by atoms with Crippen molar-refractivity contribution in [1.82, 2.24) is 9.47 Å². The fourth-order valence-corrected chi connectivity index (χ4v) is 5.44. The molecule has 10 heteroatoms. The van der Waals surface area contributed by atoms with Crippen molar-refractivity contribution in [3.05, 3.63) is 109 Å². The largest absolute Gasteiger partial charge is 0.462 e. The standard InChI is InChI=1S/C31H28Cl2FN3O4/c1-3-41-31(40)27-28(35-12-14-36(15-13-35)29(38)21-7-10-24(32)25(33)17-21)23-16-19(2)4-11-26(23)37(30(27)39)18-20-5-8-22(34)9-6-20/h4-11,16-17H,3,12-15,18H2,1-2H3. The lowest BCUT2D eigenvalue weighted by Crippen LogP contribution is -2.49. The van der Waals surface area contributed by atoms with Crippen molar-refractivity contribution in [3.63, 3.8) is 0 Å². The first-order chi connectivity index (χ1) is 19.7. The first-order valence-corrected chi connectivity index (χ1v) is 14.0. The first kappa shape index (κ1) is 28.6. The molecule has 0 N–H and O–H groups in total. The van der Waals surface area contributed by atoms with Gasteiger partial charge in [0, 0.05) is 37.1 Å². The van der Waals surface area contributed by atoms with Crippen LogP contribution in [0, 0.1) is 12.7 Å². The quantitative estimate of drug-likeness (QED) is 0.258. The third-order valence-electron chi connectivity index (χ3n) is 7.18. The van der Waals surface area contributed by atoms with E-state index in [0.29, 0.717) is 58.6 Å². The lowest BCUT2D eigenvalue weighted by atomic mass is 10.0. The summed E-state index contributed by atoms with van der Waals surface area (Å²) < 4.78 is 20.4. The predicted octanol–water partition coefficient (Wildman–Crippen LogP) is 5.94. The Morgan fingerprint density at radius 2 is 1.63 bits per heavy atom. The molecule has 3 aromatic carbocycles. The Labute approximate surface area is 246 Å². The number of amides is 1. The van der Waals surface area contributed by atoms with Crippen LogP contribution in [0.25, 0.3) is 10.9 Å². The number of nitrogens with zero attached hydrogens (tertiary/aromatic N) is 3. The number of esters is 1. The second-order valence-electron chi connectivity index (χ2n) is 9.89. The molecule has 1 aliphatic heterocycles. The van der Waals surface area contributed by atoms with E-state index in [1.165, 1.54) is 16.7 Å². The summed E-state index contributed by atoms with van der Waals surface area (Å²) in [5.41, 5.74) is 2.68. The average Bonchev–Trinajstić information content (AvgIpc) is 2.96. The second-order valence-corrected chi connectivity index (χ2v) is 10.7. The Morgan fingerprint density at radius 3 is 2.29 bits per heavy atom. The molecule has 5 rings (SSSR count). The molecule has 41 heavy (non-hydrogen) atoms. The van der Waals surface area contributed by atoms with Gasteiger partial charge >= 0.3 is 5.97 Å². The lowest BCUT2D eigenvalue weighted by Gasteiger charge is -2.37. The molecule has 7 nitrogen and oxygen atoms in total. The van der Waals surface area contributed by atoms with Crippen LogP contribution in [0.2, 0.25) is 10.0 Å². The summed E-state index contributed by atoms with van der Waals surface area (Å²) in [6, 6.07) is 16.4. The van der Waals surface area contributed by atoms with Crippen LogP contribution in [0.3, 0.4) is 0 Å². The third kappa shape index (κ3) is 5.80. The van der Waals surface area contributed by atoms with Gasteiger partial charge in [0.25, 0.3) is 11.5 Å². The Morgan fingerprint density at radius 1 is 0.927 bits per heavy atom. The molecule has 1 saturated heterocycles. The van der Waals surface area contributed by atoms with E-state index >= 15 is 0 Å². The van der Waals surface area contributed by atoms with E-state index in [1.807, 2.05) is 30.0 Å². The molecule has 1 fully saturated rings. The maximum Gasteiger partial charge on any atom is 0.345 e. The first-order valence-electron chi connectivity index (χ1n) is 13.3. The van der Waals surface area contributed by atoms with Gasteiger partial charge in [-0.05, 0) is 61.9 Å². The fraction of sp³-hybridized carbons (Fsp3) is 0.258. The summed E-state index contributed by atoms with van der Waals surface area (Å²) in [5, 5.41) is 1.40. The topological polar surface area (TPSA) is 71.8 Å². The predicted molar refractivity (Wildman–Crippen MR) is 159 cm³/mol. The van der Waals surface area contributed by atoms with Crippen molar-refractivity contribution in [1.29, 1.82) is 0 Å². The smallest absolute Gasteiger partial charge is 0.345 e. The molecule has 0 bridgehead atoms. The van der Waals surface area contributed by atoms with E-state index in [-0.39, 0.29) is 30.4 Å². The van der Waals surface area contributed by atoms with Crippen LogP contribution >= 0.6 is 23.2 Å². The van der Waals surface area contributed by atoms with Gasteiger partial charge in [0.2, 0.25) is 0 Å². The molecule has 4 aromatic rings. The van der Waals surface area contributed by atoms with E-state index in [4.69, 9.17) is 27.9 Å². The number of fused-ring (bicyclic) bond motifs is 1. The van der Waals surface area contributed by atoms with Gasteiger partial charge in [-0.3, -0.25) is 9.59 Å². The second kappa shape index (κ2) is 11.9. The number of ether oxygens (including phenoxy) is 1. The Balaban J connectivity index is 1.56. The number of hydrogen-bond acceptors (Lipinski definition) is 5. The molecule has 0 atom stereocenters. The zero-order valence-electron chi connectivity index (χ0n) is 22.6. The third-order valence-corrected chi connectivity index (χ3v) is 7.92. The van der Waals surface area contributed by atoms with Crippen molar-refractivity contribution in [3.8, 4) is 0 Å². The van der Waals surface area contributed by atoms with Crippen molar-refractivity contribution >= 4 is 51.7 Å². The number of halogens is 3. The van der Waals surface area contributed by atoms with Gasteiger partial charge in [-0.1, -0.05) is 47.0 Å². The summed E-state index contributed by atoms with van der Waals surface area (Å²) in [4.78, 5) is 44.2. The van der Waals surface area contributed by atoms with Gasteiger partial charge in [0.1, 0.15) is 11.4 Å². The number of aromatic nitrogens is 1. The molecule has 0 aliphatic carbocycles. The van der Waals surface area contributed by atoms with Crippen molar-refractivity contribution in [2.45, 2.75) is 20.4 Å². The molecular weight excluding hydrogens is 568 g/mol. The summed E-state index contributed by atoms with van der Waals surface area (Å²) in [6.07, 6.45) is 0. The number of hydrogen-bond donors (Lipinski definition) is 0. The van der Waals surface area contributed by atoms with Crippen LogP contribution in [0.4, 0.5) is 10.1 Å². The van der Waals surface area contributed by atoms with Crippen molar-refractivity contribution < 1.29 is 18.7 Å². The Bertz CT molecular complexity index is 1700. The number of rotatable bonds is 6. The van der Waals surface area contributed by atoms with Gasteiger partial charge in [-0.2, -0.15) is 0 Å². The van der Waals surface area contributed by atoms with E-state index in [9.17, 15) is 18.8 Å². The molecule has 1 aromatic heterocycles. The molecule has 212 valence electrons. The summed E-state index contributed by atoms with van der Waals surface area (Å²) in [6.45, 7) is 5.41. The van der Waals surface area contributed by atoms with E-state index in [1.54, 1.807) is 42.2 Å². The number of carbonyl (C=O) groups is 2. The zero-order valence-corrected chi connectivity index (χ0v) is 24.1. The maximum atomic E-state index is 14.0. The molecule has 1 aliphatic rings. The molecule has 2 heterocycles. The molecule has 0 radical (unpaired) electrons. The Hall–Kier alpha value is -3.88. The molecule has 0 saturated carbocycles. The van der Waals surface area contributed by atoms with Gasteiger partial charge < -0.3 is 19.1 Å². The average molecular weight is 596 g/mol. The van der Waals surface area contributed by atoms with E-state index in [0.717, 1.165) is 10.9 Å². The number of pyridine rings is 1. The highest BCUT2D eigenvalue weighted by Crippen LogP contribution is 2.32. The number of benzene rings is 3. The van der Waals surface area contributed by atoms with Crippen LogP contribution in [0.5, 0.6) is 0 Å². The highest BCUT2D eigenvalue weighted by molar-refractivity contribution is 6.42. The zero-order chi connectivity index (χ0) is 29.3. The van der Waals surface area contributed by atoms with Gasteiger partial charge in [0.15, 0.2) is 0 Å². The fourth-order valence-electron chi connectivity index (χ4n) is 5.15. The van der Waals surface area contributed by atoms with E-state index < -0.39 is 11.5 Å². The number of aryl methyl sites for hydroxylation is 1. The van der Waals surface area contributed by atoms with Gasteiger partial charge in [-0.15, -0.1) is 0 Å². The van der Waals surface area contributed by atoms with Gasteiger partial charge in [0.05, 0.1) is 34.4 Å². The van der Waals surface area contributed by atoms with E-state index in [2.05, 4.69) is 0 Å². The maximum absolute atomic E-state index is 14.0. The Kier molecular flexibility index (Phi) is 8.33. The monoisotopic (exact) mass is 595 g/mol. The molecule has 0 unspecified atom stereocenters. The van der Waals surface area contributed by atoms with Crippen molar-refractivity contribution in [2.75, 3.05) is 37.7 Å². The van der Waals surface area contributed by atoms with Crippen molar-refractivity contribution in [2.24, 2.45) is 0 Å².